The lowest BCUT2D eigenvalue weighted by atomic mass is 10.1. The molecular formula is C20H16ClNO7S. The summed E-state index contributed by atoms with van der Waals surface area (Å²) >= 11 is 5.89. The highest BCUT2D eigenvalue weighted by Crippen LogP contribution is 2.33. The minimum atomic E-state index is -4.05. The Kier molecular flexibility index (Phi) is 6.14. The van der Waals surface area contributed by atoms with E-state index in [-0.39, 0.29) is 27.8 Å². The Hall–Kier alpha value is -3.30. The third kappa shape index (κ3) is 4.47. The molecular weight excluding hydrogens is 434 g/mol. The fourth-order valence-corrected chi connectivity index (χ4v) is 4.15. The smallest absolute Gasteiger partial charge is 0.343 e. The minimum Gasteiger partial charge on any atom is -0.481 e. The van der Waals surface area contributed by atoms with Crippen LogP contribution in [0.25, 0.3) is 10.8 Å². The fourth-order valence-electron chi connectivity index (χ4n) is 2.72. The molecule has 0 aliphatic rings. The Morgan fingerprint density at radius 2 is 1.77 bits per heavy atom. The van der Waals surface area contributed by atoms with Crippen LogP contribution in [-0.2, 0) is 19.6 Å². The lowest BCUT2D eigenvalue weighted by molar-refractivity contribution is -0.142. The summed E-state index contributed by atoms with van der Waals surface area (Å²) < 4.78 is 38.1. The van der Waals surface area contributed by atoms with Crippen LogP contribution in [0, 0.1) is 0 Å². The molecule has 0 saturated heterocycles. The zero-order chi connectivity index (χ0) is 21.9. The molecule has 0 saturated carbocycles. The number of methoxy groups -OCH3 is 1. The second kappa shape index (κ2) is 8.60. The summed E-state index contributed by atoms with van der Waals surface area (Å²) in [5.41, 5.74) is 0.0719. The van der Waals surface area contributed by atoms with Crippen molar-refractivity contribution < 1.29 is 32.6 Å². The number of rotatable bonds is 7. The van der Waals surface area contributed by atoms with Crippen LogP contribution in [-0.4, -0.2) is 39.2 Å². The van der Waals surface area contributed by atoms with E-state index in [9.17, 15) is 18.0 Å². The molecule has 0 heterocycles. The first kappa shape index (κ1) is 21.4. The van der Waals surface area contributed by atoms with Gasteiger partial charge in [-0.1, -0.05) is 35.9 Å². The lowest BCUT2D eigenvalue weighted by Crippen LogP contribution is -2.14. The highest BCUT2D eigenvalue weighted by molar-refractivity contribution is 7.92. The third-order valence-electron chi connectivity index (χ3n) is 4.18. The number of anilines is 1. The summed E-state index contributed by atoms with van der Waals surface area (Å²) in [5.74, 6) is -1.43. The van der Waals surface area contributed by atoms with E-state index in [0.29, 0.717) is 16.5 Å². The second-order valence-corrected chi connectivity index (χ2v) is 8.16. The van der Waals surface area contributed by atoms with Crippen LogP contribution in [0.1, 0.15) is 10.4 Å². The summed E-state index contributed by atoms with van der Waals surface area (Å²) in [4.78, 5) is 22.2. The average Bonchev–Trinajstić information content (AvgIpc) is 2.72. The van der Waals surface area contributed by atoms with E-state index in [4.69, 9.17) is 21.4 Å². The average molecular weight is 450 g/mol. The Morgan fingerprint density at radius 1 is 1.07 bits per heavy atom. The number of fused-ring (bicyclic) bond motifs is 1. The molecule has 156 valence electrons. The number of nitrogens with one attached hydrogen (secondary N) is 1. The fraction of sp³-hybridized carbons (Fsp3) is 0.100. The summed E-state index contributed by atoms with van der Waals surface area (Å²) in [6.07, 6.45) is 0. The minimum absolute atomic E-state index is 0.187. The number of halogens is 1. The van der Waals surface area contributed by atoms with Gasteiger partial charge in [-0.05, 0) is 30.3 Å². The van der Waals surface area contributed by atoms with Gasteiger partial charge in [-0.25, -0.2) is 18.0 Å². The first-order valence-corrected chi connectivity index (χ1v) is 10.4. The maximum absolute atomic E-state index is 12.8. The normalized spacial score (nSPS) is 11.1. The van der Waals surface area contributed by atoms with Gasteiger partial charge in [0.05, 0.1) is 28.3 Å². The molecule has 0 fully saturated rings. The first-order chi connectivity index (χ1) is 14.2. The van der Waals surface area contributed by atoms with Crippen LogP contribution >= 0.6 is 11.6 Å². The molecule has 0 aliphatic heterocycles. The largest absolute Gasteiger partial charge is 0.481 e. The number of hydrogen-bond acceptors (Lipinski definition) is 6. The van der Waals surface area contributed by atoms with Gasteiger partial charge in [-0.15, -0.1) is 0 Å². The molecule has 0 bridgehead atoms. The molecule has 0 aliphatic carbocycles. The summed E-state index contributed by atoms with van der Waals surface area (Å²) in [7, 11) is -2.81. The van der Waals surface area contributed by atoms with Crippen molar-refractivity contribution in [2.24, 2.45) is 0 Å². The molecule has 0 amide bonds. The molecule has 0 spiro atoms. The zero-order valence-electron chi connectivity index (χ0n) is 15.6. The number of carbonyl (C=O) groups is 2. The summed E-state index contributed by atoms with van der Waals surface area (Å²) in [6, 6.07) is 13.3. The molecule has 2 N–H and O–H groups in total. The lowest BCUT2D eigenvalue weighted by Gasteiger charge is -2.14. The number of esters is 1. The Bertz CT molecular complexity index is 1240. The van der Waals surface area contributed by atoms with Crippen LogP contribution in [0.5, 0.6) is 5.75 Å². The van der Waals surface area contributed by atoms with Gasteiger partial charge in [0.25, 0.3) is 10.0 Å². The maximum Gasteiger partial charge on any atom is 0.343 e. The third-order valence-corrected chi connectivity index (χ3v) is 5.86. The van der Waals surface area contributed by atoms with E-state index >= 15 is 0 Å². The predicted octanol–water partition coefficient (Wildman–Crippen LogP) is 3.54. The molecule has 8 nitrogen and oxygen atoms in total. The van der Waals surface area contributed by atoms with Gasteiger partial charge in [0.2, 0.25) is 0 Å². The van der Waals surface area contributed by atoms with E-state index in [2.05, 4.69) is 9.46 Å². The monoisotopic (exact) mass is 449 g/mol. The van der Waals surface area contributed by atoms with E-state index in [1.165, 1.54) is 19.2 Å². The Balaban J connectivity index is 1.96. The number of ether oxygens (including phenoxy) is 2. The molecule has 3 aromatic rings. The first-order valence-electron chi connectivity index (χ1n) is 8.50. The van der Waals surface area contributed by atoms with Crippen molar-refractivity contribution in [2.45, 2.75) is 4.90 Å². The van der Waals surface area contributed by atoms with Crippen molar-refractivity contribution in [2.75, 3.05) is 18.4 Å². The molecule has 10 heteroatoms. The van der Waals surface area contributed by atoms with Gasteiger partial charge in [-0.2, -0.15) is 0 Å². The Morgan fingerprint density at radius 3 is 2.40 bits per heavy atom. The van der Waals surface area contributed by atoms with Crippen LogP contribution in [0.3, 0.4) is 0 Å². The van der Waals surface area contributed by atoms with Gasteiger partial charge in [0.15, 0.2) is 6.61 Å². The number of carboxylic acids is 1. The maximum atomic E-state index is 12.8. The van der Waals surface area contributed by atoms with Crippen molar-refractivity contribution in [3.63, 3.8) is 0 Å². The molecule has 0 unspecified atom stereocenters. The summed E-state index contributed by atoms with van der Waals surface area (Å²) in [6.45, 7) is -0.292. The summed E-state index contributed by atoms with van der Waals surface area (Å²) in [5, 5.41) is 9.97. The van der Waals surface area contributed by atoms with Crippen molar-refractivity contribution in [3.05, 3.63) is 65.2 Å². The standard InChI is InChI=1S/C20H16ClNO7S/c1-28-19(23)11-29-18-9-8-17(13-4-2-3-5-14(13)18)22-30(26,27)12-6-7-15(20(24)25)16(21)10-12/h2-10,22H,11H2,1H3,(H,24,25). The van der Waals surface area contributed by atoms with E-state index in [0.717, 1.165) is 18.2 Å². The van der Waals surface area contributed by atoms with Crippen molar-refractivity contribution in [1.29, 1.82) is 0 Å². The predicted molar refractivity (Wildman–Crippen MR) is 111 cm³/mol. The van der Waals surface area contributed by atoms with Crippen LogP contribution in [0.2, 0.25) is 5.02 Å². The molecule has 0 atom stereocenters. The second-order valence-electron chi connectivity index (χ2n) is 6.07. The van der Waals surface area contributed by atoms with Crippen LogP contribution in [0.15, 0.2) is 59.5 Å². The van der Waals surface area contributed by atoms with Gasteiger partial charge in [0, 0.05) is 10.8 Å². The SMILES string of the molecule is COC(=O)COc1ccc(NS(=O)(=O)c2ccc(C(=O)O)c(Cl)c2)c2ccccc12. The number of carboxylic acid groups (broad SMARTS) is 1. The number of benzene rings is 3. The van der Waals surface area contributed by atoms with Crippen molar-refractivity contribution in [3.8, 4) is 5.75 Å². The van der Waals surface area contributed by atoms with E-state index < -0.39 is 22.0 Å². The van der Waals surface area contributed by atoms with Gasteiger partial charge < -0.3 is 14.6 Å². The molecule has 3 rings (SSSR count). The van der Waals surface area contributed by atoms with Crippen molar-refractivity contribution in [1.82, 2.24) is 0 Å². The number of aromatic carboxylic acids is 1. The van der Waals surface area contributed by atoms with E-state index in [1.807, 2.05) is 0 Å². The highest BCUT2D eigenvalue weighted by Gasteiger charge is 2.19. The molecule has 3 aromatic carbocycles. The van der Waals surface area contributed by atoms with Gasteiger partial charge in [-0.3, -0.25) is 4.72 Å². The number of sulfonamides is 1. The molecule has 30 heavy (non-hydrogen) atoms. The highest BCUT2D eigenvalue weighted by atomic mass is 35.5. The van der Waals surface area contributed by atoms with Crippen LogP contribution < -0.4 is 9.46 Å². The van der Waals surface area contributed by atoms with Gasteiger partial charge in [0.1, 0.15) is 5.75 Å². The quantitative estimate of drug-likeness (QED) is 0.529. The van der Waals surface area contributed by atoms with E-state index in [1.54, 1.807) is 24.3 Å². The van der Waals surface area contributed by atoms with Gasteiger partial charge >= 0.3 is 11.9 Å². The van der Waals surface area contributed by atoms with Crippen molar-refractivity contribution >= 4 is 50.0 Å². The zero-order valence-corrected chi connectivity index (χ0v) is 17.2. The number of carbonyl (C=O) groups excluding carboxylic acids is 1. The topological polar surface area (TPSA) is 119 Å². The molecule has 0 aromatic heterocycles. The Labute approximate surface area is 177 Å². The van der Waals surface area contributed by atoms with Crippen LogP contribution in [0.4, 0.5) is 5.69 Å². The number of hydrogen-bond donors (Lipinski definition) is 2. The molecule has 0 radical (unpaired) electrons.